The second-order valence-electron chi connectivity index (χ2n) is 11.9. The van der Waals surface area contributed by atoms with E-state index >= 15 is 0 Å². The number of hydrogen-bond donors (Lipinski definition) is 5. The summed E-state index contributed by atoms with van der Waals surface area (Å²) in [7, 11) is -2.79. The molecule has 3 aromatic rings. The number of halogens is 3. The lowest BCUT2D eigenvalue weighted by molar-refractivity contribution is -0.219. The number of aryl methyl sites for hydroxylation is 2. The molecule has 0 saturated carbocycles. The van der Waals surface area contributed by atoms with Crippen molar-refractivity contribution in [3.63, 3.8) is 0 Å². The maximum Gasteiger partial charge on any atom is 0.397 e. The van der Waals surface area contributed by atoms with Crippen LogP contribution in [-0.4, -0.2) is 72.9 Å². The Morgan fingerprint density at radius 1 is 1.22 bits per heavy atom. The van der Waals surface area contributed by atoms with Gasteiger partial charge in [-0.3, -0.25) is 9.48 Å². The van der Waals surface area contributed by atoms with E-state index in [1.54, 1.807) is 11.9 Å². The van der Waals surface area contributed by atoms with Crippen molar-refractivity contribution < 1.29 is 31.1 Å². The molecule has 3 aromatic heterocycles. The van der Waals surface area contributed by atoms with Crippen LogP contribution in [0.5, 0.6) is 5.88 Å². The lowest BCUT2D eigenvalue weighted by Crippen LogP contribution is -2.66. The number of fused-ring (bicyclic) bond motifs is 1. The molecule has 0 aromatic carbocycles. The molecule has 246 valence electrons. The van der Waals surface area contributed by atoms with Gasteiger partial charge in [0.25, 0.3) is 15.9 Å². The van der Waals surface area contributed by atoms with Crippen LogP contribution in [0.15, 0.2) is 35.5 Å². The molecule has 1 amide bonds. The van der Waals surface area contributed by atoms with Crippen LogP contribution in [-0.2, 0) is 17.1 Å². The summed E-state index contributed by atoms with van der Waals surface area (Å²) < 4.78 is 75.3. The molecule has 5 heterocycles. The summed E-state index contributed by atoms with van der Waals surface area (Å²) in [5.41, 5.74) is 16.2. The molecule has 2 aliphatic rings. The fraction of sp³-hybridized carbons (Fsp3) is 0.520. The number of amides is 1. The second-order valence-corrected chi connectivity index (χ2v) is 16.2. The molecular weight excluding hydrogens is 658 g/mol. The second kappa shape index (κ2) is 10.5. The molecule has 2 fully saturated rings. The molecule has 0 radical (unpaired) electrons. The minimum atomic E-state index is -4.49. The van der Waals surface area contributed by atoms with Crippen molar-refractivity contribution in [2.45, 2.75) is 53.5 Å². The molecule has 0 spiro atoms. The van der Waals surface area contributed by atoms with E-state index in [1.165, 1.54) is 58.6 Å². The zero-order chi connectivity index (χ0) is 33.5. The van der Waals surface area contributed by atoms with E-state index in [1.807, 2.05) is 6.92 Å². The number of pyridine rings is 1. The van der Waals surface area contributed by atoms with Crippen molar-refractivity contribution in [1.29, 1.82) is 0 Å². The van der Waals surface area contributed by atoms with Crippen LogP contribution in [0.3, 0.4) is 0 Å². The number of sulfonamides is 1. The third-order valence-electron chi connectivity index (χ3n) is 7.93. The molecule has 7 N–H and O–H groups in total. The first-order valence-electron chi connectivity index (χ1n) is 13.4. The molecule has 5 rings (SSSR count). The Balaban J connectivity index is 1.52. The predicted molar refractivity (Wildman–Crippen MR) is 163 cm³/mol. The summed E-state index contributed by atoms with van der Waals surface area (Å²) in [6, 6.07) is 4.13. The number of thiol groups is 1. The Morgan fingerprint density at radius 2 is 1.89 bits per heavy atom. The number of rotatable bonds is 9. The molecule has 2 unspecified atom stereocenters. The quantitative estimate of drug-likeness (QED) is 0.123. The topological polar surface area (TPSA) is 202 Å². The van der Waals surface area contributed by atoms with Gasteiger partial charge in [-0.05, 0) is 39.8 Å². The Labute approximate surface area is 266 Å². The predicted octanol–water partition coefficient (Wildman–Crippen LogP) is 1.45. The van der Waals surface area contributed by atoms with Crippen LogP contribution < -0.4 is 31.6 Å². The summed E-state index contributed by atoms with van der Waals surface area (Å²) in [6.07, 6.45) is -1.80. The number of nitrogens with one attached hydrogen (secondary N) is 1. The number of hydrogen-bond acceptors (Lipinski definition) is 13. The fourth-order valence-corrected chi connectivity index (χ4v) is 8.70. The van der Waals surface area contributed by atoms with Gasteiger partial charge in [-0.1, -0.05) is 0 Å². The van der Waals surface area contributed by atoms with Crippen LogP contribution in [0.4, 0.5) is 19.0 Å². The van der Waals surface area contributed by atoms with Crippen molar-refractivity contribution in [3.8, 4) is 11.7 Å². The first-order chi connectivity index (χ1) is 20.5. The third-order valence-corrected chi connectivity index (χ3v) is 12.3. The van der Waals surface area contributed by atoms with Crippen LogP contribution in [0.25, 0.3) is 5.82 Å². The van der Waals surface area contributed by atoms with Crippen molar-refractivity contribution in [3.05, 3.63) is 41.9 Å². The van der Waals surface area contributed by atoms with Crippen LogP contribution >= 0.6 is 24.4 Å². The number of ether oxygens (including phenoxy) is 1. The average Bonchev–Trinajstić information content (AvgIpc) is 3.27. The van der Waals surface area contributed by atoms with Gasteiger partial charge in [-0.25, -0.2) is 22.8 Å². The Bertz CT molecular complexity index is 1770. The minimum Gasteiger partial charge on any atom is -0.476 e. The fourth-order valence-electron chi connectivity index (χ4n) is 5.06. The number of carbonyl (C=O) groups is 1. The Kier molecular flexibility index (Phi) is 7.77. The molecule has 14 nitrogen and oxygen atoms in total. The van der Waals surface area contributed by atoms with Crippen molar-refractivity contribution in [1.82, 2.24) is 29.3 Å². The van der Waals surface area contributed by atoms with Gasteiger partial charge >= 0.3 is 6.18 Å². The highest BCUT2D eigenvalue weighted by atomic mass is 32.2. The zero-order valence-corrected chi connectivity index (χ0v) is 27.4. The summed E-state index contributed by atoms with van der Waals surface area (Å²) in [5, 5.41) is 8.22. The summed E-state index contributed by atoms with van der Waals surface area (Å²) in [5.74, 6) is -3.10. The largest absolute Gasteiger partial charge is 0.476 e. The van der Waals surface area contributed by atoms with Gasteiger partial charge < -0.3 is 26.8 Å². The standard InChI is InChI=1S/C25H33F3N10O4S3/c1-13-15(10-36(5)33-13)45(40,41)35-20(39)14-6-7-17(38-9-8-18(34-38)42-12-21(2,3)25(26,27)28)32-19(14)37-11-16(24(29,30)31)23(43)22(37,4)44-23/h6-10,16,43H,11-12,29-31H2,1-5H3,(H,35,39)/t16-,22?,23?/m1/s1. The lowest BCUT2D eigenvalue weighted by atomic mass is 9.94. The van der Waals surface area contributed by atoms with Gasteiger partial charge in [-0.2, -0.15) is 30.9 Å². The molecule has 2 saturated heterocycles. The van der Waals surface area contributed by atoms with Gasteiger partial charge in [0.05, 0.1) is 16.7 Å². The van der Waals surface area contributed by atoms with Gasteiger partial charge in [0.2, 0.25) is 5.88 Å². The number of carbonyl (C=O) groups excluding carboxylic acids is 1. The summed E-state index contributed by atoms with van der Waals surface area (Å²) in [4.78, 5) is 19.0. The molecule has 2 aliphatic heterocycles. The molecule has 0 aliphatic carbocycles. The third kappa shape index (κ3) is 5.75. The summed E-state index contributed by atoms with van der Waals surface area (Å²) >= 11 is 6.21. The maximum absolute atomic E-state index is 13.6. The normalized spacial score (nSPS) is 23.6. The minimum absolute atomic E-state index is 0.0527. The van der Waals surface area contributed by atoms with E-state index in [2.05, 4.69) is 19.9 Å². The number of nitrogens with zero attached hydrogens (tertiary/aromatic N) is 6. The van der Waals surface area contributed by atoms with Crippen molar-refractivity contribution in [2.24, 2.45) is 35.6 Å². The van der Waals surface area contributed by atoms with Gasteiger partial charge in [0, 0.05) is 38.0 Å². The monoisotopic (exact) mass is 690 g/mol. The highest BCUT2D eigenvalue weighted by molar-refractivity contribution is 8.20. The number of nitrogens with two attached hydrogens (primary N) is 3. The average molecular weight is 691 g/mol. The highest BCUT2D eigenvalue weighted by Gasteiger charge is 2.78. The van der Waals surface area contributed by atoms with E-state index in [9.17, 15) is 26.4 Å². The van der Waals surface area contributed by atoms with E-state index in [-0.39, 0.29) is 40.2 Å². The Morgan fingerprint density at radius 3 is 2.44 bits per heavy atom. The molecule has 0 bridgehead atoms. The summed E-state index contributed by atoms with van der Waals surface area (Å²) in [6.45, 7) is 4.79. The van der Waals surface area contributed by atoms with Crippen LogP contribution in [0.1, 0.15) is 36.8 Å². The number of alkyl halides is 3. The first-order valence-corrected chi connectivity index (χ1v) is 16.2. The SMILES string of the molecule is Cc1nn(C)cc1S(=O)(=O)NC(=O)c1ccc(-n2ccc(OCC(C)(C)C(F)(F)F)n2)nc1N1C[C@@H](C(N)(N)N)C2(S)SC12C. The molecule has 45 heavy (non-hydrogen) atoms. The van der Waals surface area contributed by atoms with Gasteiger partial charge in [0.1, 0.15) is 32.1 Å². The zero-order valence-electron chi connectivity index (χ0n) is 24.8. The maximum atomic E-state index is 13.6. The lowest BCUT2D eigenvalue weighted by Gasteiger charge is -2.32. The van der Waals surface area contributed by atoms with Gasteiger partial charge in [-0.15, -0.1) is 16.9 Å². The first kappa shape index (κ1) is 33.3. The van der Waals surface area contributed by atoms with E-state index in [0.29, 0.717) is 0 Å². The smallest absolute Gasteiger partial charge is 0.397 e. The molecule has 20 heteroatoms. The highest BCUT2D eigenvalue weighted by Crippen LogP contribution is 2.76. The molecular formula is C25H33F3N10O4S3. The molecule has 3 atom stereocenters. The van der Waals surface area contributed by atoms with Crippen LogP contribution in [0, 0.1) is 18.3 Å². The number of anilines is 1. The van der Waals surface area contributed by atoms with E-state index in [0.717, 1.165) is 13.8 Å². The van der Waals surface area contributed by atoms with E-state index in [4.69, 9.17) is 34.6 Å². The van der Waals surface area contributed by atoms with Crippen molar-refractivity contribution >= 4 is 46.1 Å². The number of thioether (sulfide) groups is 1. The Hall–Kier alpha value is -3.04. The van der Waals surface area contributed by atoms with Crippen LogP contribution in [0.2, 0.25) is 0 Å². The van der Waals surface area contributed by atoms with Gasteiger partial charge in [0.15, 0.2) is 5.82 Å². The van der Waals surface area contributed by atoms with Crippen molar-refractivity contribution in [2.75, 3.05) is 18.1 Å². The number of aromatic nitrogens is 5. The van der Waals surface area contributed by atoms with E-state index < -0.39 is 54.8 Å².